The van der Waals surface area contributed by atoms with E-state index in [0.29, 0.717) is 24.4 Å². The first-order valence-corrected chi connectivity index (χ1v) is 7.41. The predicted molar refractivity (Wildman–Crippen MR) is 74.5 cm³/mol. The first-order chi connectivity index (χ1) is 9.69. The maximum absolute atomic E-state index is 11.9. The lowest BCUT2D eigenvalue weighted by atomic mass is 10.1. The smallest absolute Gasteiger partial charge is 0.305 e. The van der Waals surface area contributed by atoms with Gasteiger partial charge in [0.1, 0.15) is 5.01 Å². The van der Waals surface area contributed by atoms with Gasteiger partial charge in [-0.15, -0.1) is 10.2 Å². The van der Waals surface area contributed by atoms with Crippen molar-refractivity contribution in [2.75, 3.05) is 25.5 Å². The largest absolute Gasteiger partial charge is 0.469 e. The molecule has 1 unspecified atom stereocenters. The Labute approximate surface area is 121 Å². The number of rotatable bonds is 6. The van der Waals surface area contributed by atoms with Gasteiger partial charge in [-0.25, -0.2) is 0 Å². The number of hydrogen-bond acceptors (Lipinski definition) is 7. The van der Waals surface area contributed by atoms with Crippen molar-refractivity contribution in [1.82, 2.24) is 15.5 Å². The molecule has 0 aliphatic carbocycles. The number of esters is 1. The molecule has 0 saturated carbocycles. The third kappa shape index (κ3) is 4.24. The lowest BCUT2D eigenvalue weighted by Crippen LogP contribution is -2.24. The van der Waals surface area contributed by atoms with E-state index in [0.717, 1.165) is 24.5 Å². The second-order valence-corrected chi connectivity index (χ2v) is 5.67. The quantitative estimate of drug-likeness (QED) is 0.746. The zero-order chi connectivity index (χ0) is 14.4. The minimum atomic E-state index is -0.225. The van der Waals surface area contributed by atoms with Crippen LogP contribution in [0.5, 0.6) is 0 Å². The van der Waals surface area contributed by atoms with Crippen LogP contribution in [0.2, 0.25) is 0 Å². The maximum atomic E-state index is 11.9. The summed E-state index contributed by atoms with van der Waals surface area (Å²) in [6, 6.07) is 0. The number of carbonyl (C=O) groups excluding carboxylic acids is 2. The standard InChI is InChI=1S/C12H18N4O3S/c1-19-10(17)4-2-3-9-15-16-12(20-9)14-11(18)8-5-6-13-7-8/h8,13H,2-7H2,1H3,(H,14,16,18). The second kappa shape index (κ2) is 7.30. The van der Waals surface area contributed by atoms with Crippen molar-refractivity contribution in [3.8, 4) is 0 Å². The molecule has 1 amide bonds. The summed E-state index contributed by atoms with van der Waals surface area (Å²) in [5, 5.41) is 15.2. The highest BCUT2D eigenvalue weighted by molar-refractivity contribution is 7.15. The van der Waals surface area contributed by atoms with Crippen LogP contribution < -0.4 is 10.6 Å². The molecule has 1 aromatic rings. The fourth-order valence-electron chi connectivity index (χ4n) is 1.98. The Hall–Kier alpha value is -1.54. The highest BCUT2D eigenvalue weighted by atomic mass is 32.1. The molecule has 1 aliphatic heterocycles. The highest BCUT2D eigenvalue weighted by Gasteiger charge is 2.23. The molecule has 1 atom stereocenters. The minimum Gasteiger partial charge on any atom is -0.469 e. The third-order valence-corrected chi connectivity index (χ3v) is 4.03. The van der Waals surface area contributed by atoms with E-state index in [1.54, 1.807) is 0 Å². The Morgan fingerprint density at radius 1 is 1.50 bits per heavy atom. The van der Waals surface area contributed by atoms with Gasteiger partial charge >= 0.3 is 5.97 Å². The van der Waals surface area contributed by atoms with Gasteiger partial charge in [0.25, 0.3) is 0 Å². The zero-order valence-electron chi connectivity index (χ0n) is 11.3. The fourth-order valence-corrected chi connectivity index (χ4v) is 2.76. The minimum absolute atomic E-state index is 0.00717. The van der Waals surface area contributed by atoms with E-state index < -0.39 is 0 Å². The van der Waals surface area contributed by atoms with E-state index in [1.165, 1.54) is 18.4 Å². The van der Waals surface area contributed by atoms with Crippen LogP contribution in [0.3, 0.4) is 0 Å². The zero-order valence-corrected chi connectivity index (χ0v) is 12.2. The second-order valence-electron chi connectivity index (χ2n) is 4.61. The van der Waals surface area contributed by atoms with Crippen LogP contribution in [0.1, 0.15) is 24.3 Å². The van der Waals surface area contributed by atoms with Gasteiger partial charge in [0.2, 0.25) is 11.0 Å². The number of amides is 1. The summed E-state index contributed by atoms with van der Waals surface area (Å²) in [6.07, 6.45) is 2.55. The fraction of sp³-hybridized carbons (Fsp3) is 0.667. The van der Waals surface area contributed by atoms with Crippen LogP contribution in [0.4, 0.5) is 5.13 Å². The van der Waals surface area contributed by atoms with Crippen LogP contribution in [-0.4, -0.2) is 42.3 Å². The normalized spacial score (nSPS) is 17.9. The SMILES string of the molecule is COC(=O)CCCc1nnc(NC(=O)C2CCNC2)s1. The van der Waals surface area contributed by atoms with Crippen molar-refractivity contribution in [1.29, 1.82) is 0 Å². The summed E-state index contributed by atoms with van der Waals surface area (Å²) in [5.41, 5.74) is 0. The van der Waals surface area contributed by atoms with E-state index in [1.807, 2.05) is 0 Å². The van der Waals surface area contributed by atoms with E-state index >= 15 is 0 Å². The summed E-state index contributed by atoms with van der Waals surface area (Å²) >= 11 is 1.35. The summed E-state index contributed by atoms with van der Waals surface area (Å²) < 4.78 is 4.57. The Morgan fingerprint density at radius 3 is 3.05 bits per heavy atom. The molecule has 0 radical (unpaired) electrons. The average Bonchev–Trinajstić information content (AvgIpc) is 3.10. The molecule has 2 heterocycles. The van der Waals surface area contributed by atoms with Crippen molar-refractivity contribution in [3.05, 3.63) is 5.01 Å². The van der Waals surface area contributed by atoms with E-state index in [4.69, 9.17) is 0 Å². The van der Waals surface area contributed by atoms with Crippen LogP contribution in [0, 0.1) is 5.92 Å². The molecule has 2 N–H and O–H groups in total. The topological polar surface area (TPSA) is 93.2 Å². The highest BCUT2D eigenvalue weighted by Crippen LogP contribution is 2.19. The molecule has 1 aromatic heterocycles. The first-order valence-electron chi connectivity index (χ1n) is 6.60. The molecule has 0 spiro atoms. The van der Waals surface area contributed by atoms with Gasteiger partial charge in [0.15, 0.2) is 0 Å². The Kier molecular flexibility index (Phi) is 5.42. The molecule has 1 fully saturated rings. The number of nitrogens with zero attached hydrogens (tertiary/aromatic N) is 2. The van der Waals surface area contributed by atoms with E-state index in [2.05, 4.69) is 25.6 Å². The van der Waals surface area contributed by atoms with Crippen LogP contribution in [0.15, 0.2) is 0 Å². The summed E-state index contributed by atoms with van der Waals surface area (Å²) in [4.78, 5) is 22.9. The van der Waals surface area contributed by atoms with E-state index in [-0.39, 0.29) is 17.8 Å². The molecule has 0 aromatic carbocycles. The molecule has 1 saturated heterocycles. The van der Waals surface area contributed by atoms with Gasteiger partial charge in [0.05, 0.1) is 13.0 Å². The Bertz CT molecular complexity index is 471. The number of hydrogen-bond donors (Lipinski definition) is 2. The average molecular weight is 298 g/mol. The number of aryl methyl sites for hydroxylation is 1. The molecule has 20 heavy (non-hydrogen) atoms. The molecule has 7 nitrogen and oxygen atoms in total. The number of carbonyl (C=O) groups is 2. The van der Waals surface area contributed by atoms with Gasteiger partial charge in [0, 0.05) is 19.4 Å². The molecule has 8 heteroatoms. The van der Waals surface area contributed by atoms with Crippen LogP contribution >= 0.6 is 11.3 Å². The van der Waals surface area contributed by atoms with Gasteiger partial charge in [-0.05, 0) is 19.4 Å². The van der Waals surface area contributed by atoms with Crippen molar-refractivity contribution in [2.24, 2.45) is 5.92 Å². The van der Waals surface area contributed by atoms with Gasteiger partial charge < -0.3 is 15.4 Å². The summed E-state index contributed by atoms with van der Waals surface area (Å²) in [6.45, 7) is 1.60. The number of anilines is 1. The van der Waals surface area contributed by atoms with Crippen molar-refractivity contribution in [3.63, 3.8) is 0 Å². The summed E-state index contributed by atoms with van der Waals surface area (Å²) in [5.74, 6) is -0.217. The maximum Gasteiger partial charge on any atom is 0.305 e. The monoisotopic (exact) mass is 298 g/mol. The molecule has 1 aliphatic rings. The number of methoxy groups -OCH3 is 1. The molecular weight excluding hydrogens is 280 g/mol. The van der Waals surface area contributed by atoms with Crippen molar-refractivity contribution >= 4 is 28.3 Å². The Morgan fingerprint density at radius 2 is 2.35 bits per heavy atom. The number of aromatic nitrogens is 2. The van der Waals surface area contributed by atoms with Gasteiger partial charge in [-0.2, -0.15) is 0 Å². The number of ether oxygens (including phenoxy) is 1. The number of nitrogens with one attached hydrogen (secondary N) is 2. The Balaban J connectivity index is 1.76. The molecule has 0 bridgehead atoms. The molecule has 110 valence electrons. The van der Waals surface area contributed by atoms with Crippen LogP contribution in [-0.2, 0) is 20.7 Å². The van der Waals surface area contributed by atoms with E-state index in [9.17, 15) is 9.59 Å². The predicted octanol–water partition coefficient (Wildman–Crippen LogP) is 0.582. The molecular formula is C12H18N4O3S. The lowest BCUT2D eigenvalue weighted by molar-refractivity contribution is -0.140. The van der Waals surface area contributed by atoms with Crippen LogP contribution in [0.25, 0.3) is 0 Å². The van der Waals surface area contributed by atoms with Gasteiger partial charge in [-0.3, -0.25) is 9.59 Å². The van der Waals surface area contributed by atoms with Gasteiger partial charge in [-0.1, -0.05) is 11.3 Å². The lowest BCUT2D eigenvalue weighted by Gasteiger charge is -2.06. The third-order valence-electron chi connectivity index (χ3n) is 3.13. The molecule has 2 rings (SSSR count). The first kappa shape index (κ1) is 14.9. The summed E-state index contributed by atoms with van der Waals surface area (Å²) in [7, 11) is 1.37. The van der Waals surface area contributed by atoms with Crippen molar-refractivity contribution < 1.29 is 14.3 Å². The van der Waals surface area contributed by atoms with Crippen molar-refractivity contribution in [2.45, 2.75) is 25.7 Å².